The quantitative estimate of drug-likeness (QED) is 0.747. The first kappa shape index (κ1) is 23.2. The summed E-state index contributed by atoms with van der Waals surface area (Å²) in [6.07, 6.45) is 3.92. The molecule has 1 amide bonds. The van der Waals surface area contributed by atoms with Crippen LogP contribution >= 0.6 is 24.8 Å². The van der Waals surface area contributed by atoms with Gasteiger partial charge in [0.25, 0.3) is 0 Å². The number of nitrogens with zero attached hydrogens (tertiary/aromatic N) is 1. The van der Waals surface area contributed by atoms with Crippen LogP contribution in [0.25, 0.3) is 0 Å². The van der Waals surface area contributed by atoms with Crippen LogP contribution in [-0.4, -0.2) is 43.5 Å². The molecule has 1 rings (SSSR count). The number of rotatable bonds is 7. The number of nitrogens with one attached hydrogen (secondary N) is 1. The SMILES string of the molecule is CCNCC1CCN(C(=O)C(CC)(CC)CN)CC1.Cl.Cl. The number of hydrogen-bond donors (Lipinski definition) is 2. The van der Waals surface area contributed by atoms with Gasteiger partial charge in [0.05, 0.1) is 5.41 Å². The van der Waals surface area contributed by atoms with Crippen LogP contribution in [0.3, 0.4) is 0 Å². The molecule has 6 heteroatoms. The number of piperidine rings is 1. The largest absolute Gasteiger partial charge is 0.342 e. The zero-order valence-electron chi connectivity index (χ0n) is 13.7. The van der Waals surface area contributed by atoms with Gasteiger partial charge >= 0.3 is 0 Å². The van der Waals surface area contributed by atoms with E-state index in [1.54, 1.807) is 0 Å². The van der Waals surface area contributed by atoms with Crippen molar-refractivity contribution in [1.29, 1.82) is 0 Å². The zero-order valence-corrected chi connectivity index (χ0v) is 15.3. The first-order chi connectivity index (χ1) is 9.13. The molecule has 0 radical (unpaired) electrons. The highest BCUT2D eigenvalue weighted by molar-refractivity contribution is 5.85. The summed E-state index contributed by atoms with van der Waals surface area (Å²) in [6.45, 7) is 10.7. The van der Waals surface area contributed by atoms with Crippen molar-refractivity contribution >= 4 is 30.7 Å². The summed E-state index contributed by atoms with van der Waals surface area (Å²) < 4.78 is 0. The number of amides is 1. The standard InChI is InChI=1S/C15H31N3O.2ClH/c1-4-15(5-2,12-16)14(19)18-9-7-13(8-10-18)11-17-6-3;;/h13,17H,4-12,16H2,1-3H3;2*1H. The van der Waals surface area contributed by atoms with Crippen molar-refractivity contribution < 1.29 is 4.79 Å². The van der Waals surface area contributed by atoms with Gasteiger partial charge in [0.2, 0.25) is 5.91 Å². The van der Waals surface area contributed by atoms with Crippen molar-refractivity contribution in [3.05, 3.63) is 0 Å². The van der Waals surface area contributed by atoms with Crippen LogP contribution < -0.4 is 11.1 Å². The third-order valence-corrected chi connectivity index (χ3v) is 4.78. The van der Waals surface area contributed by atoms with Gasteiger partial charge in [-0.15, -0.1) is 24.8 Å². The molecule has 0 unspecified atom stereocenters. The van der Waals surface area contributed by atoms with Gasteiger partial charge in [-0.1, -0.05) is 20.8 Å². The molecule has 1 aliphatic rings. The lowest BCUT2D eigenvalue weighted by molar-refractivity contribution is -0.143. The molecular formula is C15H33Cl2N3O. The van der Waals surface area contributed by atoms with E-state index >= 15 is 0 Å². The summed E-state index contributed by atoms with van der Waals surface area (Å²) >= 11 is 0. The van der Waals surface area contributed by atoms with E-state index in [9.17, 15) is 4.79 Å². The normalized spacial score (nSPS) is 16.1. The minimum Gasteiger partial charge on any atom is -0.342 e. The lowest BCUT2D eigenvalue weighted by Crippen LogP contribution is -2.50. The number of carbonyl (C=O) groups is 1. The fraction of sp³-hybridized carbons (Fsp3) is 0.933. The fourth-order valence-electron chi connectivity index (χ4n) is 2.95. The minimum atomic E-state index is -0.325. The molecule has 0 aromatic heterocycles. The molecule has 0 atom stereocenters. The molecule has 128 valence electrons. The van der Waals surface area contributed by atoms with Crippen LogP contribution in [0.15, 0.2) is 0 Å². The molecule has 3 N–H and O–H groups in total. The van der Waals surface area contributed by atoms with Crippen LogP contribution in [0.1, 0.15) is 46.5 Å². The predicted octanol–water partition coefficient (Wildman–Crippen LogP) is 2.44. The molecule has 0 spiro atoms. The fourth-order valence-corrected chi connectivity index (χ4v) is 2.95. The van der Waals surface area contributed by atoms with Crippen molar-refractivity contribution in [3.63, 3.8) is 0 Å². The Morgan fingerprint density at radius 3 is 2.10 bits per heavy atom. The number of halogens is 2. The van der Waals surface area contributed by atoms with Crippen LogP contribution in [0.4, 0.5) is 0 Å². The highest BCUT2D eigenvalue weighted by Crippen LogP contribution is 2.29. The Hall–Kier alpha value is -0.0300. The second-order valence-electron chi connectivity index (χ2n) is 5.73. The summed E-state index contributed by atoms with van der Waals surface area (Å²) in [7, 11) is 0. The minimum absolute atomic E-state index is 0. The van der Waals surface area contributed by atoms with E-state index in [2.05, 4.69) is 26.1 Å². The van der Waals surface area contributed by atoms with E-state index in [0.29, 0.717) is 6.54 Å². The predicted molar refractivity (Wildman–Crippen MR) is 94.4 cm³/mol. The summed E-state index contributed by atoms with van der Waals surface area (Å²) in [5, 5.41) is 3.40. The molecule has 1 saturated heterocycles. The van der Waals surface area contributed by atoms with Gasteiger partial charge in [-0.05, 0) is 44.7 Å². The molecule has 1 fully saturated rings. The highest BCUT2D eigenvalue weighted by atomic mass is 35.5. The van der Waals surface area contributed by atoms with Crippen LogP contribution in [0.5, 0.6) is 0 Å². The molecule has 0 aliphatic carbocycles. The number of likely N-dealkylation sites (tertiary alicyclic amines) is 1. The van der Waals surface area contributed by atoms with E-state index in [4.69, 9.17) is 5.73 Å². The molecule has 0 saturated carbocycles. The zero-order chi connectivity index (χ0) is 14.3. The van der Waals surface area contributed by atoms with Crippen molar-refractivity contribution in [3.8, 4) is 0 Å². The Bertz CT molecular complexity index is 270. The third-order valence-electron chi connectivity index (χ3n) is 4.78. The van der Waals surface area contributed by atoms with Crippen molar-refractivity contribution in [1.82, 2.24) is 10.2 Å². The molecule has 21 heavy (non-hydrogen) atoms. The van der Waals surface area contributed by atoms with Gasteiger partial charge in [0.1, 0.15) is 0 Å². The lowest BCUT2D eigenvalue weighted by Gasteiger charge is -2.39. The summed E-state index contributed by atoms with van der Waals surface area (Å²) in [5.74, 6) is 1.00. The van der Waals surface area contributed by atoms with Gasteiger partial charge in [-0.25, -0.2) is 0 Å². The van der Waals surface area contributed by atoms with Gasteiger partial charge in [0.15, 0.2) is 0 Å². The van der Waals surface area contributed by atoms with E-state index in [1.165, 1.54) is 0 Å². The lowest BCUT2D eigenvalue weighted by atomic mass is 9.80. The Kier molecular flexibility index (Phi) is 12.8. The average Bonchev–Trinajstić information content (AvgIpc) is 2.48. The number of nitrogens with two attached hydrogens (primary N) is 1. The van der Waals surface area contributed by atoms with E-state index in [-0.39, 0.29) is 36.1 Å². The van der Waals surface area contributed by atoms with E-state index in [1.807, 2.05) is 4.90 Å². The molecule has 1 aliphatic heterocycles. The molecule has 0 aromatic carbocycles. The summed E-state index contributed by atoms with van der Waals surface area (Å²) in [6, 6.07) is 0. The van der Waals surface area contributed by atoms with Crippen LogP contribution in [-0.2, 0) is 4.79 Å². The first-order valence-corrected chi connectivity index (χ1v) is 7.83. The third kappa shape index (κ3) is 5.93. The number of hydrogen-bond acceptors (Lipinski definition) is 3. The maximum absolute atomic E-state index is 12.7. The Morgan fingerprint density at radius 2 is 1.71 bits per heavy atom. The maximum Gasteiger partial charge on any atom is 0.230 e. The van der Waals surface area contributed by atoms with E-state index < -0.39 is 0 Å². The Labute approximate surface area is 142 Å². The van der Waals surface area contributed by atoms with Gasteiger partial charge in [-0.3, -0.25) is 4.79 Å². The first-order valence-electron chi connectivity index (χ1n) is 7.83. The number of carbonyl (C=O) groups excluding carboxylic acids is 1. The van der Waals surface area contributed by atoms with Crippen LogP contribution in [0, 0.1) is 11.3 Å². The Morgan fingerprint density at radius 1 is 1.19 bits per heavy atom. The molecule has 0 bridgehead atoms. The van der Waals surface area contributed by atoms with Gasteiger partial charge in [-0.2, -0.15) is 0 Å². The van der Waals surface area contributed by atoms with Crippen molar-refractivity contribution in [2.75, 3.05) is 32.7 Å². The molecule has 1 heterocycles. The van der Waals surface area contributed by atoms with Gasteiger partial charge < -0.3 is 16.0 Å². The highest BCUT2D eigenvalue weighted by Gasteiger charge is 2.37. The van der Waals surface area contributed by atoms with Crippen molar-refractivity contribution in [2.24, 2.45) is 17.1 Å². The smallest absolute Gasteiger partial charge is 0.230 e. The summed E-state index contributed by atoms with van der Waals surface area (Å²) in [4.78, 5) is 14.7. The van der Waals surface area contributed by atoms with E-state index in [0.717, 1.165) is 57.8 Å². The monoisotopic (exact) mass is 341 g/mol. The topological polar surface area (TPSA) is 58.4 Å². The maximum atomic E-state index is 12.7. The van der Waals surface area contributed by atoms with Gasteiger partial charge in [0, 0.05) is 19.6 Å². The van der Waals surface area contributed by atoms with Crippen molar-refractivity contribution in [2.45, 2.75) is 46.5 Å². The van der Waals surface area contributed by atoms with Crippen LogP contribution in [0.2, 0.25) is 0 Å². The average molecular weight is 342 g/mol. The molecule has 4 nitrogen and oxygen atoms in total. The second kappa shape index (κ2) is 11.5. The summed E-state index contributed by atoms with van der Waals surface area (Å²) in [5.41, 5.74) is 5.55. The second-order valence-corrected chi connectivity index (χ2v) is 5.73. The Balaban J connectivity index is 0. The molecule has 0 aromatic rings. The molecular weight excluding hydrogens is 309 g/mol.